The molecule has 0 atom stereocenters. The molecule has 0 radical (unpaired) electrons. The molecule has 7 aromatic carbocycles. The van der Waals surface area contributed by atoms with Gasteiger partial charge in [0.05, 0.1) is 16.6 Å². The van der Waals surface area contributed by atoms with Gasteiger partial charge in [-0.1, -0.05) is 109 Å². The van der Waals surface area contributed by atoms with E-state index < -0.39 is 0 Å². The predicted octanol–water partition coefficient (Wildman–Crippen LogP) is 11.5. The third-order valence-corrected chi connectivity index (χ3v) is 9.42. The van der Waals surface area contributed by atoms with E-state index in [0.29, 0.717) is 0 Å². The molecular weight excluding hydrogens is 522 g/mol. The molecule has 2 nitrogen and oxygen atoms in total. The van der Waals surface area contributed by atoms with Crippen molar-refractivity contribution in [2.75, 3.05) is 0 Å². The summed E-state index contributed by atoms with van der Waals surface area (Å²) in [5, 5.41) is 11.5. The van der Waals surface area contributed by atoms with Gasteiger partial charge in [0.25, 0.3) is 0 Å². The molecule has 0 fully saturated rings. The van der Waals surface area contributed by atoms with Crippen molar-refractivity contribution in [1.82, 2.24) is 4.98 Å². The first-order chi connectivity index (χ1) is 21.3. The summed E-state index contributed by atoms with van der Waals surface area (Å²) in [6, 6.07) is 39.7. The third-order valence-electron chi connectivity index (χ3n) is 9.42. The highest BCUT2D eigenvalue weighted by Gasteiger charge is 2.26. The van der Waals surface area contributed by atoms with Gasteiger partial charge >= 0.3 is 0 Å². The molecule has 0 unspecified atom stereocenters. The number of benzene rings is 7. The summed E-state index contributed by atoms with van der Waals surface area (Å²) < 4.78 is 6.80. The van der Waals surface area contributed by atoms with Crippen LogP contribution in [0.1, 0.15) is 18.5 Å². The second-order valence-electron chi connectivity index (χ2n) is 11.7. The molecule has 0 N–H and O–H groups in total. The van der Waals surface area contributed by atoms with E-state index in [-0.39, 0.29) is 0 Å². The Bertz CT molecular complexity index is 2480. The fraction of sp³-hybridized carbons (Fsp3) is 0.0488. The van der Waals surface area contributed by atoms with Crippen molar-refractivity contribution in [3.63, 3.8) is 0 Å². The first kappa shape index (κ1) is 23.1. The van der Waals surface area contributed by atoms with E-state index in [1.165, 1.54) is 59.8 Å². The normalized spacial score (nSPS) is 14.1. The molecule has 2 heteroatoms. The second kappa shape index (κ2) is 8.53. The summed E-state index contributed by atoms with van der Waals surface area (Å²) in [7, 11) is 0. The molecule has 2 heterocycles. The maximum Gasteiger partial charge on any atom is 0.143 e. The van der Waals surface area contributed by atoms with Gasteiger partial charge in [0.2, 0.25) is 0 Å². The van der Waals surface area contributed by atoms with Crippen LogP contribution in [0.15, 0.2) is 127 Å². The first-order valence-electron chi connectivity index (χ1n) is 15.0. The van der Waals surface area contributed by atoms with Crippen LogP contribution < -0.4 is 4.74 Å². The fourth-order valence-electron chi connectivity index (χ4n) is 7.56. The van der Waals surface area contributed by atoms with E-state index in [4.69, 9.17) is 9.72 Å². The van der Waals surface area contributed by atoms with Crippen molar-refractivity contribution < 1.29 is 4.74 Å². The molecule has 0 amide bonds. The lowest BCUT2D eigenvalue weighted by Gasteiger charge is -2.25. The van der Waals surface area contributed by atoms with Crippen LogP contribution >= 0.6 is 0 Å². The van der Waals surface area contributed by atoms with Crippen LogP contribution in [0.2, 0.25) is 0 Å². The number of ether oxygens (including phenoxy) is 1. The molecule has 43 heavy (non-hydrogen) atoms. The molecule has 200 valence electrons. The standard InChI is InChI=1S/C41H25NO/c1-2-9-24(10-3-1)36-23-34-33-18-7-17-32(41(33)43-37-20-8-19-35(42-36)40(34)37)26-21-22-31-29-14-5-12-25-11-4-13-28(38(25)29)30-16-6-15-27(26)39(30)31/h2,4-23H,1,3H2. The largest absolute Gasteiger partial charge is 0.455 e. The van der Waals surface area contributed by atoms with E-state index in [9.17, 15) is 0 Å². The lowest BCUT2D eigenvalue weighted by molar-refractivity contribution is 0.488. The van der Waals surface area contributed by atoms with Crippen LogP contribution in [0.25, 0.3) is 81.8 Å². The number of aromatic nitrogens is 1. The van der Waals surface area contributed by atoms with Gasteiger partial charge in [-0.25, -0.2) is 4.98 Å². The summed E-state index contributed by atoms with van der Waals surface area (Å²) in [4.78, 5) is 5.07. The molecule has 1 aliphatic heterocycles. The molecule has 0 saturated carbocycles. The van der Waals surface area contributed by atoms with E-state index in [1.54, 1.807) is 0 Å². The smallest absolute Gasteiger partial charge is 0.143 e. The number of fused-ring (bicyclic) bond motifs is 4. The first-order valence-corrected chi connectivity index (χ1v) is 15.0. The fourth-order valence-corrected chi connectivity index (χ4v) is 7.56. The minimum atomic E-state index is 0.864. The van der Waals surface area contributed by atoms with Gasteiger partial charge in [-0.05, 0) is 85.3 Å². The van der Waals surface area contributed by atoms with Crippen molar-refractivity contribution in [2.24, 2.45) is 0 Å². The summed E-state index contributed by atoms with van der Waals surface area (Å²) in [5.41, 5.74) is 7.77. The molecule has 0 saturated heterocycles. The maximum absolute atomic E-state index is 6.80. The Morgan fingerprint density at radius 3 is 2.05 bits per heavy atom. The van der Waals surface area contributed by atoms with Crippen molar-refractivity contribution in [2.45, 2.75) is 12.8 Å². The van der Waals surface area contributed by atoms with E-state index in [1.807, 2.05) is 0 Å². The zero-order valence-electron chi connectivity index (χ0n) is 23.4. The average molecular weight is 548 g/mol. The zero-order valence-corrected chi connectivity index (χ0v) is 23.4. The van der Waals surface area contributed by atoms with Gasteiger partial charge in [-0.2, -0.15) is 0 Å². The second-order valence-corrected chi connectivity index (χ2v) is 11.7. The summed E-state index contributed by atoms with van der Waals surface area (Å²) in [6.07, 6.45) is 8.89. The number of pyridine rings is 1. The SMILES string of the molecule is C1=CC(c2cc3c4c(cccc4n2)Oc2c(-c4ccc5c6cccc7cccc(c8cccc4c85)c76)cccc2-3)=CCC1. The van der Waals surface area contributed by atoms with Gasteiger partial charge < -0.3 is 4.74 Å². The Morgan fingerprint density at radius 2 is 1.23 bits per heavy atom. The van der Waals surface area contributed by atoms with Gasteiger partial charge in [0.1, 0.15) is 11.5 Å². The van der Waals surface area contributed by atoms with Crippen molar-refractivity contribution in [1.29, 1.82) is 0 Å². The highest BCUT2D eigenvalue weighted by molar-refractivity contribution is 6.34. The number of nitrogens with zero attached hydrogens (tertiary/aromatic N) is 1. The number of para-hydroxylation sites is 1. The van der Waals surface area contributed by atoms with Crippen LogP contribution in [-0.4, -0.2) is 4.98 Å². The van der Waals surface area contributed by atoms with Crippen molar-refractivity contribution in [3.8, 4) is 33.8 Å². The maximum atomic E-state index is 6.80. The lowest BCUT2D eigenvalue weighted by atomic mass is 9.86. The minimum Gasteiger partial charge on any atom is -0.455 e. The molecule has 8 aromatic rings. The highest BCUT2D eigenvalue weighted by atomic mass is 16.5. The number of rotatable bonds is 2. The van der Waals surface area contributed by atoms with Crippen LogP contribution in [0.5, 0.6) is 11.5 Å². The van der Waals surface area contributed by atoms with Crippen LogP contribution in [0.3, 0.4) is 0 Å². The molecule has 0 bridgehead atoms. The number of hydrogen-bond donors (Lipinski definition) is 0. The Balaban J connectivity index is 1.26. The Morgan fingerprint density at radius 1 is 0.535 bits per heavy atom. The number of allylic oxidation sites excluding steroid dienone is 4. The molecule has 0 spiro atoms. The quantitative estimate of drug-likeness (QED) is 0.159. The molecular formula is C41H25NO. The van der Waals surface area contributed by atoms with Crippen molar-refractivity contribution >= 4 is 59.6 Å². The summed E-state index contributed by atoms with van der Waals surface area (Å²) in [6.45, 7) is 0. The monoisotopic (exact) mass is 547 g/mol. The third kappa shape index (κ3) is 3.15. The van der Waals surface area contributed by atoms with Crippen LogP contribution in [-0.2, 0) is 0 Å². The van der Waals surface area contributed by atoms with Crippen LogP contribution in [0, 0.1) is 0 Å². The molecule has 1 aromatic heterocycles. The summed E-state index contributed by atoms with van der Waals surface area (Å²) >= 11 is 0. The minimum absolute atomic E-state index is 0.864. The average Bonchev–Trinajstić information content (AvgIpc) is 3.07. The Labute approximate surface area is 248 Å². The lowest BCUT2D eigenvalue weighted by Crippen LogP contribution is -2.02. The van der Waals surface area contributed by atoms with Gasteiger partial charge in [0, 0.05) is 16.7 Å². The van der Waals surface area contributed by atoms with E-state index >= 15 is 0 Å². The Kier molecular flexibility index (Phi) is 4.59. The summed E-state index contributed by atoms with van der Waals surface area (Å²) in [5.74, 6) is 1.77. The zero-order chi connectivity index (χ0) is 28.1. The van der Waals surface area contributed by atoms with Crippen molar-refractivity contribution in [3.05, 3.63) is 133 Å². The van der Waals surface area contributed by atoms with Gasteiger partial charge in [-0.15, -0.1) is 0 Å². The Hall–Kier alpha value is -5.47. The molecule has 10 rings (SSSR count). The highest BCUT2D eigenvalue weighted by Crippen LogP contribution is 2.52. The molecule has 2 aliphatic rings. The molecule has 1 aliphatic carbocycles. The van der Waals surface area contributed by atoms with Crippen LogP contribution in [0.4, 0.5) is 0 Å². The topological polar surface area (TPSA) is 22.1 Å². The van der Waals surface area contributed by atoms with E-state index in [0.717, 1.165) is 52.1 Å². The van der Waals surface area contributed by atoms with E-state index in [2.05, 4.69) is 127 Å². The van der Waals surface area contributed by atoms with Gasteiger partial charge in [0.15, 0.2) is 0 Å². The number of hydrogen-bond acceptors (Lipinski definition) is 2. The predicted molar refractivity (Wildman–Crippen MR) is 180 cm³/mol. The van der Waals surface area contributed by atoms with Gasteiger partial charge in [-0.3, -0.25) is 0 Å².